The quantitative estimate of drug-likeness (QED) is 0.379. The highest BCUT2D eigenvalue weighted by atomic mass is 16.5. The number of ketones is 1. The monoisotopic (exact) mass is 495 g/mol. The van der Waals surface area contributed by atoms with E-state index in [0.29, 0.717) is 30.6 Å². The third-order valence-corrected chi connectivity index (χ3v) is 6.96. The summed E-state index contributed by atoms with van der Waals surface area (Å²) in [6.07, 6.45) is 6.88. The molecule has 4 rings (SSSR count). The van der Waals surface area contributed by atoms with Crippen LogP contribution in [0.5, 0.6) is 11.8 Å². The number of nitrogens with zero attached hydrogens (tertiary/aromatic N) is 4. The van der Waals surface area contributed by atoms with E-state index < -0.39 is 0 Å². The lowest BCUT2D eigenvalue weighted by molar-refractivity contribution is 0.0844. The second-order valence-electron chi connectivity index (χ2n) is 9.66. The minimum Gasteiger partial charge on any atom is -0.496 e. The Morgan fingerprint density at radius 1 is 1.22 bits per heavy atom. The number of ether oxygens (including phenoxy) is 3. The van der Waals surface area contributed by atoms with E-state index in [-0.39, 0.29) is 17.9 Å². The zero-order chi connectivity index (χ0) is 25.7. The predicted molar refractivity (Wildman–Crippen MR) is 139 cm³/mol. The molecule has 1 aliphatic rings. The van der Waals surface area contributed by atoms with Crippen molar-refractivity contribution in [2.24, 2.45) is 5.92 Å². The summed E-state index contributed by atoms with van der Waals surface area (Å²) >= 11 is 0. The van der Waals surface area contributed by atoms with Crippen LogP contribution < -0.4 is 14.4 Å². The molecule has 1 N–H and O–H groups in total. The van der Waals surface area contributed by atoms with Gasteiger partial charge in [-0.3, -0.25) is 4.79 Å². The lowest BCUT2D eigenvalue weighted by Gasteiger charge is -2.33. The van der Waals surface area contributed by atoms with Gasteiger partial charge in [-0.25, -0.2) is 4.98 Å². The Labute approximate surface area is 212 Å². The lowest BCUT2D eigenvalue weighted by Crippen LogP contribution is -2.34. The van der Waals surface area contributed by atoms with Gasteiger partial charge in [0, 0.05) is 45.1 Å². The number of hydrogen-bond donors (Lipinski definition) is 1. The molecule has 9 heteroatoms. The van der Waals surface area contributed by atoms with E-state index in [4.69, 9.17) is 14.2 Å². The number of aromatic nitrogens is 4. The number of carbonyl (C=O) groups excluding carboxylic acids is 1. The van der Waals surface area contributed by atoms with Crippen LogP contribution in [0.3, 0.4) is 0 Å². The molecule has 0 radical (unpaired) electrons. The number of carbonyl (C=O) groups is 1. The standard InChI is InChI=1S/C27H37N5O4/c1-6-17(2)13-22(33)21-14-24(31-27(30-21)36-18(3)16-34-4)32-11-8-19(9-12-32)20-15-29-26-25(20)23(35-5)7-10-28-26/h7,10,14-15,17-19H,6,8-9,11-13,16H2,1-5H3,(H,28,29)/t17-,18+/m1/s1. The van der Waals surface area contributed by atoms with Crippen molar-refractivity contribution in [2.75, 3.05) is 38.8 Å². The van der Waals surface area contributed by atoms with Crippen LogP contribution in [0.4, 0.5) is 5.82 Å². The number of nitrogens with one attached hydrogen (secondary N) is 1. The SMILES string of the molecule is CC[C@@H](C)CC(=O)c1cc(N2CCC(c3c[nH]c4nccc(OC)c34)CC2)nc(O[C@@H](C)COC)n1. The van der Waals surface area contributed by atoms with Gasteiger partial charge in [-0.05, 0) is 43.2 Å². The molecule has 3 aromatic heterocycles. The summed E-state index contributed by atoms with van der Waals surface area (Å²) in [6.45, 7) is 8.10. The largest absolute Gasteiger partial charge is 0.496 e. The van der Waals surface area contributed by atoms with Gasteiger partial charge in [0.1, 0.15) is 29.0 Å². The molecule has 2 atom stereocenters. The highest BCUT2D eigenvalue weighted by Crippen LogP contribution is 2.37. The van der Waals surface area contributed by atoms with Gasteiger partial charge in [-0.1, -0.05) is 20.3 Å². The van der Waals surface area contributed by atoms with E-state index in [9.17, 15) is 4.79 Å². The Bertz CT molecular complexity index is 1170. The van der Waals surface area contributed by atoms with Gasteiger partial charge < -0.3 is 24.1 Å². The fraction of sp³-hybridized carbons (Fsp3) is 0.556. The van der Waals surface area contributed by atoms with Crippen molar-refractivity contribution in [3.05, 3.63) is 35.8 Å². The normalized spacial score (nSPS) is 16.2. The van der Waals surface area contributed by atoms with E-state index in [0.717, 1.165) is 55.0 Å². The summed E-state index contributed by atoms with van der Waals surface area (Å²) in [4.78, 5) is 32.1. The maximum Gasteiger partial charge on any atom is 0.319 e. The first-order valence-corrected chi connectivity index (χ1v) is 12.8. The van der Waals surface area contributed by atoms with Crippen LogP contribution in [0.1, 0.15) is 68.4 Å². The van der Waals surface area contributed by atoms with Crippen molar-refractivity contribution >= 4 is 22.6 Å². The maximum absolute atomic E-state index is 13.0. The average molecular weight is 496 g/mol. The number of Topliss-reactive ketones (excluding diaryl/α,β-unsaturated/α-hetero) is 1. The number of H-pyrrole nitrogens is 1. The molecule has 1 saturated heterocycles. The van der Waals surface area contributed by atoms with E-state index in [1.54, 1.807) is 20.4 Å². The number of piperidine rings is 1. The molecular weight excluding hydrogens is 458 g/mol. The van der Waals surface area contributed by atoms with Crippen molar-refractivity contribution in [1.29, 1.82) is 0 Å². The number of aromatic amines is 1. The first kappa shape index (κ1) is 25.9. The summed E-state index contributed by atoms with van der Waals surface area (Å²) in [5.41, 5.74) is 2.49. The highest BCUT2D eigenvalue weighted by Gasteiger charge is 2.27. The number of anilines is 1. The first-order valence-electron chi connectivity index (χ1n) is 12.8. The maximum atomic E-state index is 13.0. The number of methoxy groups -OCH3 is 2. The van der Waals surface area contributed by atoms with Crippen molar-refractivity contribution in [3.8, 4) is 11.8 Å². The Balaban J connectivity index is 1.54. The molecular formula is C27H37N5O4. The summed E-state index contributed by atoms with van der Waals surface area (Å²) in [5.74, 6) is 2.26. The minimum absolute atomic E-state index is 0.0190. The second-order valence-corrected chi connectivity index (χ2v) is 9.66. The van der Waals surface area contributed by atoms with Crippen molar-refractivity contribution in [1.82, 2.24) is 19.9 Å². The van der Waals surface area contributed by atoms with Crippen LogP contribution in [-0.4, -0.2) is 65.7 Å². The van der Waals surface area contributed by atoms with E-state index >= 15 is 0 Å². The summed E-state index contributed by atoms with van der Waals surface area (Å²) < 4.78 is 16.7. The number of hydrogen-bond acceptors (Lipinski definition) is 8. The van der Waals surface area contributed by atoms with Crippen LogP contribution in [0.2, 0.25) is 0 Å². The third-order valence-electron chi connectivity index (χ3n) is 6.96. The minimum atomic E-state index is -0.223. The van der Waals surface area contributed by atoms with Gasteiger partial charge in [-0.2, -0.15) is 9.97 Å². The van der Waals surface area contributed by atoms with Crippen molar-refractivity contribution in [2.45, 2.75) is 58.5 Å². The molecule has 1 fully saturated rings. The Morgan fingerprint density at radius 2 is 2.00 bits per heavy atom. The summed E-state index contributed by atoms with van der Waals surface area (Å²) in [5, 5.41) is 1.06. The van der Waals surface area contributed by atoms with Crippen molar-refractivity contribution in [3.63, 3.8) is 0 Å². The van der Waals surface area contributed by atoms with Gasteiger partial charge in [0.25, 0.3) is 0 Å². The van der Waals surface area contributed by atoms with Crippen LogP contribution in [0.15, 0.2) is 24.5 Å². The topological polar surface area (TPSA) is 102 Å². The molecule has 0 saturated carbocycles. The van der Waals surface area contributed by atoms with Crippen LogP contribution in [0.25, 0.3) is 11.0 Å². The fourth-order valence-corrected chi connectivity index (χ4v) is 4.75. The molecule has 9 nitrogen and oxygen atoms in total. The molecule has 0 bridgehead atoms. The predicted octanol–water partition coefficient (Wildman–Crippen LogP) is 4.78. The number of fused-ring (bicyclic) bond motifs is 1. The molecule has 194 valence electrons. The van der Waals surface area contributed by atoms with Crippen LogP contribution >= 0.6 is 0 Å². The molecule has 0 spiro atoms. The molecule has 0 aliphatic carbocycles. The Morgan fingerprint density at radius 3 is 2.69 bits per heavy atom. The molecule has 0 amide bonds. The van der Waals surface area contributed by atoms with Crippen molar-refractivity contribution < 1.29 is 19.0 Å². The average Bonchev–Trinajstić information content (AvgIpc) is 3.33. The molecule has 0 unspecified atom stereocenters. The zero-order valence-corrected chi connectivity index (χ0v) is 21.9. The fourth-order valence-electron chi connectivity index (χ4n) is 4.75. The van der Waals surface area contributed by atoms with Crippen LogP contribution in [0, 0.1) is 5.92 Å². The van der Waals surface area contributed by atoms with Gasteiger partial charge in [0.2, 0.25) is 0 Å². The zero-order valence-electron chi connectivity index (χ0n) is 21.9. The molecule has 0 aromatic carbocycles. The molecule has 4 heterocycles. The Kier molecular flexibility index (Phi) is 8.40. The smallest absolute Gasteiger partial charge is 0.319 e. The molecule has 3 aromatic rings. The Hall–Kier alpha value is -3.20. The van der Waals surface area contributed by atoms with Gasteiger partial charge in [0.05, 0.1) is 19.1 Å². The lowest BCUT2D eigenvalue weighted by atomic mass is 9.89. The summed E-state index contributed by atoms with van der Waals surface area (Å²) in [7, 11) is 3.32. The number of pyridine rings is 1. The van der Waals surface area contributed by atoms with Gasteiger partial charge in [0.15, 0.2) is 5.78 Å². The van der Waals surface area contributed by atoms with E-state index in [1.165, 1.54) is 5.56 Å². The summed E-state index contributed by atoms with van der Waals surface area (Å²) in [6, 6.07) is 3.94. The highest BCUT2D eigenvalue weighted by molar-refractivity contribution is 5.95. The van der Waals surface area contributed by atoms with Gasteiger partial charge >= 0.3 is 6.01 Å². The van der Waals surface area contributed by atoms with Crippen LogP contribution in [-0.2, 0) is 4.74 Å². The molecule has 1 aliphatic heterocycles. The third kappa shape index (κ3) is 5.78. The van der Waals surface area contributed by atoms with E-state index in [2.05, 4.69) is 44.9 Å². The first-order chi connectivity index (χ1) is 17.4. The van der Waals surface area contributed by atoms with E-state index in [1.807, 2.05) is 19.1 Å². The van der Waals surface area contributed by atoms with Gasteiger partial charge in [-0.15, -0.1) is 0 Å². The molecule has 36 heavy (non-hydrogen) atoms. The number of rotatable bonds is 11. The second kappa shape index (κ2) is 11.7.